The standard InChI is InChI=1S/C42H78O14P2/c1-3-5-7-8-9-10-11-12-13-14-15-18-22-25-29-33-42(46)56-40(37-55-58(50,51)54-35-39(44)34-53-57(47,48)49)36-52-41(45)32-28-24-21-19-16-17-20-23-27-31-38(43)30-26-6-4-2/h20,23,27,31,39-40,44H,3-19,21-22,24-26,28-30,32-37H2,1-2H3,(H,50,51)(H2,47,48,49)/b23-20-,31-27+/t39-,40+/m0/s1. The smallest absolute Gasteiger partial charge is 0.462 e. The minimum atomic E-state index is -4.87. The Morgan fingerprint density at radius 3 is 1.53 bits per heavy atom. The molecule has 0 rings (SSSR count). The summed E-state index contributed by atoms with van der Waals surface area (Å²) < 4.78 is 47.7. The number of hydrogen-bond acceptors (Lipinski definition) is 11. The van der Waals surface area contributed by atoms with Gasteiger partial charge in [0.15, 0.2) is 11.9 Å². The van der Waals surface area contributed by atoms with Crippen LogP contribution < -0.4 is 0 Å². The number of rotatable bonds is 42. The van der Waals surface area contributed by atoms with Gasteiger partial charge in [-0.15, -0.1) is 0 Å². The van der Waals surface area contributed by atoms with E-state index in [9.17, 15) is 33.5 Å². The molecule has 1 unspecified atom stereocenters. The summed E-state index contributed by atoms with van der Waals surface area (Å²) in [5, 5.41) is 9.74. The average molecular weight is 869 g/mol. The number of aliphatic hydroxyl groups excluding tert-OH is 1. The molecule has 0 heterocycles. The fourth-order valence-corrected chi connectivity index (χ4v) is 7.07. The quantitative estimate of drug-likeness (QED) is 0.0148. The Morgan fingerprint density at radius 1 is 0.534 bits per heavy atom. The highest BCUT2D eigenvalue weighted by atomic mass is 31.2. The van der Waals surface area contributed by atoms with E-state index >= 15 is 0 Å². The lowest BCUT2D eigenvalue weighted by Crippen LogP contribution is -2.30. The molecule has 0 aromatic rings. The Bertz CT molecular complexity index is 1190. The van der Waals surface area contributed by atoms with Crippen LogP contribution in [0.5, 0.6) is 0 Å². The Labute approximate surface area is 349 Å². The van der Waals surface area contributed by atoms with E-state index < -0.39 is 66.2 Å². The largest absolute Gasteiger partial charge is 0.472 e. The Balaban J connectivity index is 4.56. The van der Waals surface area contributed by atoms with Crippen LogP contribution in [0.25, 0.3) is 0 Å². The van der Waals surface area contributed by atoms with Gasteiger partial charge in [-0.2, -0.15) is 0 Å². The molecule has 3 atom stereocenters. The fraction of sp³-hybridized carbons (Fsp3) is 0.833. The number of esters is 2. The zero-order valence-electron chi connectivity index (χ0n) is 35.7. The maximum atomic E-state index is 12.7. The SMILES string of the molecule is CCCCCCCCCCCCCCCCCC(=O)O[C@H](COC(=O)CCCCCCC/C=C\C=C\C(=O)CCCCC)COP(=O)(O)OC[C@@H](O)COP(=O)(O)O. The summed E-state index contributed by atoms with van der Waals surface area (Å²) in [5.41, 5.74) is 0. The van der Waals surface area contributed by atoms with Gasteiger partial charge >= 0.3 is 27.6 Å². The highest BCUT2D eigenvalue weighted by Gasteiger charge is 2.28. The van der Waals surface area contributed by atoms with Gasteiger partial charge in [-0.25, -0.2) is 9.13 Å². The maximum Gasteiger partial charge on any atom is 0.472 e. The molecule has 0 aromatic carbocycles. The molecule has 0 spiro atoms. The molecule has 0 fully saturated rings. The predicted octanol–water partition coefficient (Wildman–Crippen LogP) is 10.3. The molecule has 58 heavy (non-hydrogen) atoms. The first-order valence-corrected chi connectivity index (χ1v) is 25.0. The predicted molar refractivity (Wildman–Crippen MR) is 226 cm³/mol. The molecule has 16 heteroatoms. The highest BCUT2D eigenvalue weighted by molar-refractivity contribution is 7.47. The molecular formula is C42H78O14P2. The topological polar surface area (TPSA) is 212 Å². The molecular weight excluding hydrogens is 790 g/mol. The van der Waals surface area contributed by atoms with Crippen LogP contribution in [0.4, 0.5) is 0 Å². The third-order valence-electron chi connectivity index (χ3n) is 9.31. The number of ketones is 1. The zero-order valence-corrected chi connectivity index (χ0v) is 37.4. The number of carbonyl (C=O) groups excluding carboxylic acids is 3. The first-order valence-electron chi connectivity index (χ1n) is 22.0. The van der Waals surface area contributed by atoms with Gasteiger partial charge in [-0.1, -0.05) is 154 Å². The number of aliphatic hydroxyl groups is 1. The monoisotopic (exact) mass is 868 g/mol. The van der Waals surface area contributed by atoms with Gasteiger partial charge in [0.05, 0.1) is 19.8 Å². The summed E-state index contributed by atoms with van der Waals surface area (Å²) in [5.74, 6) is -0.933. The molecule has 0 radical (unpaired) electrons. The van der Waals surface area contributed by atoms with E-state index in [1.54, 1.807) is 12.2 Å². The van der Waals surface area contributed by atoms with Crippen molar-refractivity contribution < 1.29 is 66.3 Å². The summed E-state index contributed by atoms with van der Waals surface area (Å²) in [6.07, 6.45) is 31.5. The van der Waals surface area contributed by atoms with Crippen LogP contribution in [0, 0.1) is 0 Å². The Hall–Kier alpha value is -1.73. The van der Waals surface area contributed by atoms with E-state index in [4.69, 9.17) is 23.8 Å². The third-order valence-corrected chi connectivity index (χ3v) is 10.7. The van der Waals surface area contributed by atoms with Crippen molar-refractivity contribution in [2.24, 2.45) is 0 Å². The molecule has 4 N–H and O–H groups in total. The minimum Gasteiger partial charge on any atom is -0.462 e. The average Bonchev–Trinajstić information content (AvgIpc) is 3.17. The van der Waals surface area contributed by atoms with E-state index in [0.717, 1.165) is 70.6 Å². The van der Waals surface area contributed by atoms with E-state index in [-0.39, 0.29) is 18.6 Å². The van der Waals surface area contributed by atoms with Crippen molar-refractivity contribution in [3.05, 3.63) is 24.3 Å². The van der Waals surface area contributed by atoms with Gasteiger partial charge < -0.3 is 29.3 Å². The Kier molecular flexibility index (Phi) is 37.1. The van der Waals surface area contributed by atoms with Gasteiger partial charge in [0.25, 0.3) is 0 Å². The van der Waals surface area contributed by atoms with Crippen LogP contribution in [0.15, 0.2) is 24.3 Å². The minimum absolute atomic E-state index is 0.118. The molecule has 0 amide bonds. The van der Waals surface area contributed by atoms with Gasteiger partial charge in [0.2, 0.25) is 0 Å². The molecule has 0 saturated carbocycles. The molecule has 0 bridgehead atoms. The first-order chi connectivity index (χ1) is 27.8. The molecule has 0 aliphatic carbocycles. The lowest BCUT2D eigenvalue weighted by molar-refractivity contribution is -0.161. The second-order valence-electron chi connectivity index (χ2n) is 15.0. The summed E-state index contributed by atoms with van der Waals surface area (Å²) in [4.78, 5) is 64.4. The summed E-state index contributed by atoms with van der Waals surface area (Å²) in [6.45, 7) is 1.57. The van der Waals surface area contributed by atoms with E-state index in [1.807, 2.05) is 12.2 Å². The summed E-state index contributed by atoms with van der Waals surface area (Å²) in [7, 11) is -9.69. The highest BCUT2D eigenvalue weighted by Crippen LogP contribution is 2.43. The number of phosphoric ester groups is 2. The van der Waals surface area contributed by atoms with Crippen LogP contribution >= 0.6 is 15.6 Å². The second kappa shape index (κ2) is 38.2. The zero-order chi connectivity index (χ0) is 43.2. The van der Waals surface area contributed by atoms with Crippen molar-refractivity contribution in [2.45, 2.75) is 199 Å². The van der Waals surface area contributed by atoms with E-state index in [1.165, 1.54) is 70.6 Å². The number of phosphoric acid groups is 2. The lowest BCUT2D eigenvalue weighted by Gasteiger charge is -2.20. The van der Waals surface area contributed by atoms with Crippen molar-refractivity contribution >= 4 is 33.4 Å². The van der Waals surface area contributed by atoms with Crippen molar-refractivity contribution in [1.29, 1.82) is 0 Å². The first kappa shape index (κ1) is 56.3. The Morgan fingerprint density at radius 2 is 0.983 bits per heavy atom. The van der Waals surface area contributed by atoms with Crippen molar-refractivity contribution in [3.8, 4) is 0 Å². The number of hydrogen-bond donors (Lipinski definition) is 4. The van der Waals surface area contributed by atoms with Crippen LogP contribution in [0.3, 0.4) is 0 Å². The van der Waals surface area contributed by atoms with Crippen molar-refractivity contribution in [1.82, 2.24) is 0 Å². The van der Waals surface area contributed by atoms with Crippen LogP contribution in [0.2, 0.25) is 0 Å². The number of ether oxygens (including phenoxy) is 2. The molecule has 14 nitrogen and oxygen atoms in total. The maximum absolute atomic E-state index is 12.7. The van der Waals surface area contributed by atoms with Crippen molar-refractivity contribution in [3.63, 3.8) is 0 Å². The van der Waals surface area contributed by atoms with Gasteiger partial charge in [-0.3, -0.25) is 28.0 Å². The molecule has 0 aliphatic heterocycles. The van der Waals surface area contributed by atoms with Gasteiger partial charge in [-0.05, 0) is 38.2 Å². The molecule has 340 valence electrons. The van der Waals surface area contributed by atoms with Crippen LogP contribution in [-0.2, 0) is 46.6 Å². The number of carbonyl (C=O) groups is 3. The van der Waals surface area contributed by atoms with Gasteiger partial charge in [0, 0.05) is 19.3 Å². The van der Waals surface area contributed by atoms with E-state index in [2.05, 4.69) is 22.9 Å². The molecule has 0 aliphatic rings. The van der Waals surface area contributed by atoms with E-state index in [0.29, 0.717) is 19.3 Å². The normalized spacial score (nSPS) is 14.2. The summed E-state index contributed by atoms with van der Waals surface area (Å²) in [6, 6.07) is 0. The third kappa shape index (κ3) is 41.0. The lowest BCUT2D eigenvalue weighted by atomic mass is 10.0. The number of allylic oxidation sites excluding steroid dienone is 4. The fourth-order valence-electron chi connectivity index (χ4n) is 5.92. The van der Waals surface area contributed by atoms with Crippen LogP contribution in [0.1, 0.15) is 187 Å². The van der Waals surface area contributed by atoms with Gasteiger partial charge in [0.1, 0.15) is 12.7 Å². The summed E-state index contributed by atoms with van der Waals surface area (Å²) >= 11 is 0. The number of unbranched alkanes of at least 4 members (excludes halogenated alkanes) is 21. The molecule has 0 aromatic heterocycles. The van der Waals surface area contributed by atoms with Crippen molar-refractivity contribution in [2.75, 3.05) is 26.4 Å². The molecule has 0 saturated heterocycles. The second-order valence-corrected chi connectivity index (χ2v) is 17.7. The van der Waals surface area contributed by atoms with Crippen LogP contribution in [-0.4, -0.2) is 76.1 Å².